The molecule has 0 saturated carbocycles. The Labute approximate surface area is 97.0 Å². The Kier molecular flexibility index (Phi) is 5.43. The molecule has 0 aliphatic heterocycles. The van der Waals surface area contributed by atoms with E-state index in [0.717, 1.165) is 31.5 Å². The van der Waals surface area contributed by atoms with Crippen LogP contribution < -0.4 is 11.1 Å². The van der Waals surface area contributed by atoms with Crippen molar-refractivity contribution in [2.75, 3.05) is 6.54 Å². The van der Waals surface area contributed by atoms with Gasteiger partial charge in [-0.05, 0) is 50.4 Å². The molecule has 3 heteroatoms. The number of nitrogens with one attached hydrogen (secondary N) is 1. The quantitative estimate of drug-likeness (QED) is 0.728. The smallest absolute Gasteiger partial charge is 0.126 e. The van der Waals surface area contributed by atoms with Crippen molar-refractivity contribution in [2.45, 2.75) is 39.3 Å². The van der Waals surface area contributed by atoms with Crippen LogP contribution >= 0.6 is 0 Å². The average molecular weight is 224 g/mol. The van der Waals surface area contributed by atoms with E-state index in [9.17, 15) is 4.39 Å². The van der Waals surface area contributed by atoms with Crippen LogP contribution in [0.15, 0.2) is 18.2 Å². The van der Waals surface area contributed by atoms with Crippen molar-refractivity contribution in [3.05, 3.63) is 35.1 Å². The molecule has 16 heavy (non-hydrogen) atoms. The lowest BCUT2D eigenvalue weighted by molar-refractivity contribution is 0.573. The van der Waals surface area contributed by atoms with Crippen molar-refractivity contribution >= 4 is 0 Å². The Morgan fingerprint density at radius 3 is 2.81 bits per heavy atom. The summed E-state index contributed by atoms with van der Waals surface area (Å²) in [7, 11) is 0. The van der Waals surface area contributed by atoms with E-state index in [1.54, 1.807) is 6.92 Å². The lowest BCUT2D eigenvalue weighted by Crippen LogP contribution is -2.19. The standard InChI is InChI=1S/C13H21FN2/c1-10-8-12(5-6-13(10)14)9-16-7-3-4-11(2)15/h5-6,8,11,16H,3-4,7,9,15H2,1-2H3. The van der Waals surface area contributed by atoms with Crippen LogP contribution in [-0.2, 0) is 6.54 Å². The minimum Gasteiger partial charge on any atom is -0.328 e. The molecule has 0 aromatic heterocycles. The number of hydrogen-bond acceptors (Lipinski definition) is 2. The molecule has 0 radical (unpaired) electrons. The first-order chi connectivity index (χ1) is 7.59. The zero-order chi connectivity index (χ0) is 12.0. The van der Waals surface area contributed by atoms with Gasteiger partial charge < -0.3 is 11.1 Å². The highest BCUT2D eigenvalue weighted by Gasteiger charge is 1.99. The molecule has 0 amide bonds. The summed E-state index contributed by atoms with van der Waals surface area (Å²) in [6.07, 6.45) is 2.12. The minimum atomic E-state index is -0.138. The van der Waals surface area contributed by atoms with Gasteiger partial charge >= 0.3 is 0 Å². The molecule has 0 heterocycles. The normalized spacial score (nSPS) is 12.8. The first-order valence-corrected chi connectivity index (χ1v) is 5.81. The monoisotopic (exact) mass is 224 g/mol. The molecule has 1 rings (SSSR count). The second-order valence-corrected chi connectivity index (χ2v) is 4.38. The summed E-state index contributed by atoms with van der Waals surface area (Å²) in [5.74, 6) is -0.138. The van der Waals surface area contributed by atoms with Gasteiger partial charge in [-0.3, -0.25) is 0 Å². The van der Waals surface area contributed by atoms with Crippen molar-refractivity contribution < 1.29 is 4.39 Å². The Bertz CT molecular complexity index is 324. The van der Waals surface area contributed by atoms with Gasteiger partial charge in [0.1, 0.15) is 5.82 Å². The average Bonchev–Trinajstić information content (AvgIpc) is 2.22. The summed E-state index contributed by atoms with van der Waals surface area (Å²) in [6.45, 7) is 5.55. The van der Waals surface area contributed by atoms with Crippen molar-refractivity contribution in [1.29, 1.82) is 0 Å². The summed E-state index contributed by atoms with van der Waals surface area (Å²) in [4.78, 5) is 0. The number of halogens is 1. The molecule has 0 aliphatic rings. The number of hydrogen-bond donors (Lipinski definition) is 2. The van der Waals surface area contributed by atoms with Crippen LogP contribution in [0.3, 0.4) is 0 Å². The van der Waals surface area contributed by atoms with E-state index in [1.165, 1.54) is 6.07 Å². The summed E-state index contributed by atoms with van der Waals surface area (Å²) in [5, 5.41) is 3.33. The maximum absolute atomic E-state index is 13.0. The van der Waals surface area contributed by atoms with Gasteiger partial charge in [0.15, 0.2) is 0 Å². The molecule has 0 aliphatic carbocycles. The van der Waals surface area contributed by atoms with E-state index in [1.807, 2.05) is 19.1 Å². The van der Waals surface area contributed by atoms with Gasteiger partial charge in [0, 0.05) is 12.6 Å². The molecular formula is C13H21FN2. The van der Waals surface area contributed by atoms with Gasteiger partial charge in [0.2, 0.25) is 0 Å². The second kappa shape index (κ2) is 6.61. The highest BCUT2D eigenvalue weighted by molar-refractivity contribution is 5.23. The van der Waals surface area contributed by atoms with Crippen molar-refractivity contribution in [3.63, 3.8) is 0 Å². The SMILES string of the molecule is Cc1cc(CNCCCC(C)N)ccc1F. The topological polar surface area (TPSA) is 38.0 Å². The van der Waals surface area contributed by atoms with Crippen LogP contribution in [0.1, 0.15) is 30.9 Å². The summed E-state index contributed by atoms with van der Waals surface area (Å²) >= 11 is 0. The van der Waals surface area contributed by atoms with Gasteiger partial charge in [0.25, 0.3) is 0 Å². The summed E-state index contributed by atoms with van der Waals surface area (Å²) < 4.78 is 13.0. The van der Waals surface area contributed by atoms with Crippen LogP contribution in [0.5, 0.6) is 0 Å². The van der Waals surface area contributed by atoms with E-state index in [0.29, 0.717) is 5.56 Å². The maximum atomic E-state index is 13.0. The Morgan fingerprint density at radius 1 is 1.44 bits per heavy atom. The Morgan fingerprint density at radius 2 is 2.19 bits per heavy atom. The maximum Gasteiger partial charge on any atom is 0.126 e. The highest BCUT2D eigenvalue weighted by atomic mass is 19.1. The first kappa shape index (κ1) is 13.1. The molecular weight excluding hydrogens is 203 g/mol. The number of benzene rings is 1. The number of rotatable bonds is 6. The molecule has 0 spiro atoms. The molecule has 1 aromatic rings. The van der Waals surface area contributed by atoms with E-state index in [-0.39, 0.29) is 11.9 Å². The molecule has 1 atom stereocenters. The third-order valence-electron chi connectivity index (χ3n) is 2.56. The fourth-order valence-electron chi connectivity index (χ4n) is 1.60. The zero-order valence-corrected chi connectivity index (χ0v) is 10.1. The molecule has 0 saturated heterocycles. The fraction of sp³-hybridized carbons (Fsp3) is 0.538. The third-order valence-corrected chi connectivity index (χ3v) is 2.56. The Balaban J connectivity index is 2.24. The van der Waals surface area contributed by atoms with Crippen LogP contribution in [0.25, 0.3) is 0 Å². The van der Waals surface area contributed by atoms with Crippen molar-refractivity contribution in [2.24, 2.45) is 5.73 Å². The molecule has 1 aromatic carbocycles. The Hall–Kier alpha value is -0.930. The van der Waals surface area contributed by atoms with Gasteiger partial charge in [-0.1, -0.05) is 12.1 Å². The summed E-state index contributed by atoms with van der Waals surface area (Å²) in [5.41, 5.74) is 7.48. The van der Waals surface area contributed by atoms with Crippen LogP contribution in [0.4, 0.5) is 4.39 Å². The van der Waals surface area contributed by atoms with Crippen LogP contribution in [0.2, 0.25) is 0 Å². The molecule has 1 unspecified atom stereocenters. The predicted molar refractivity (Wildman–Crippen MR) is 65.7 cm³/mol. The van der Waals surface area contributed by atoms with E-state index < -0.39 is 0 Å². The lowest BCUT2D eigenvalue weighted by Gasteiger charge is -2.07. The van der Waals surface area contributed by atoms with Gasteiger partial charge in [-0.2, -0.15) is 0 Å². The minimum absolute atomic E-state index is 0.138. The number of aryl methyl sites for hydroxylation is 1. The predicted octanol–water partition coefficient (Wildman–Crippen LogP) is 2.35. The van der Waals surface area contributed by atoms with Crippen molar-refractivity contribution in [1.82, 2.24) is 5.32 Å². The number of nitrogens with two attached hydrogens (primary N) is 1. The lowest BCUT2D eigenvalue weighted by atomic mass is 10.1. The zero-order valence-electron chi connectivity index (χ0n) is 10.1. The second-order valence-electron chi connectivity index (χ2n) is 4.38. The molecule has 0 fully saturated rings. The first-order valence-electron chi connectivity index (χ1n) is 5.81. The largest absolute Gasteiger partial charge is 0.328 e. The van der Waals surface area contributed by atoms with Crippen LogP contribution in [0, 0.1) is 12.7 Å². The van der Waals surface area contributed by atoms with E-state index in [4.69, 9.17) is 5.73 Å². The molecule has 3 N–H and O–H groups in total. The summed E-state index contributed by atoms with van der Waals surface area (Å²) in [6, 6.07) is 5.50. The van der Waals surface area contributed by atoms with Crippen LogP contribution in [-0.4, -0.2) is 12.6 Å². The van der Waals surface area contributed by atoms with Gasteiger partial charge in [-0.15, -0.1) is 0 Å². The van der Waals surface area contributed by atoms with E-state index in [2.05, 4.69) is 5.32 Å². The van der Waals surface area contributed by atoms with Crippen molar-refractivity contribution in [3.8, 4) is 0 Å². The fourth-order valence-corrected chi connectivity index (χ4v) is 1.60. The van der Waals surface area contributed by atoms with E-state index >= 15 is 0 Å². The molecule has 0 bridgehead atoms. The highest BCUT2D eigenvalue weighted by Crippen LogP contribution is 2.08. The third kappa shape index (κ3) is 4.73. The van der Waals surface area contributed by atoms with Gasteiger partial charge in [-0.25, -0.2) is 4.39 Å². The van der Waals surface area contributed by atoms with Gasteiger partial charge in [0.05, 0.1) is 0 Å². The molecule has 90 valence electrons. The molecule has 2 nitrogen and oxygen atoms in total.